The maximum absolute atomic E-state index is 5.89. The highest BCUT2D eigenvalue weighted by Crippen LogP contribution is 2.25. The number of nitrogens with zero attached hydrogens (tertiary/aromatic N) is 4. The number of nitrogens with one attached hydrogen (secondary N) is 2. The Kier molecular flexibility index (Phi) is 7.30. The van der Waals surface area contributed by atoms with Crippen LogP contribution >= 0.6 is 24.0 Å². The first-order chi connectivity index (χ1) is 13.3. The van der Waals surface area contributed by atoms with E-state index in [1.54, 1.807) is 6.33 Å². The maximum Gasteiger partial charge on any atom is 0.193 e. The number of aromatic amines is 1. The molecule has 1 fully saturated rings. The fourth-order valence-corrected chi connectivity index (χ4v) is 3.63. The second-order valence-electron chi connectivity index (χ2n) is 6.87. The Balaban J connectivity index is 0.00000225. The van der Waals surface area contributed by atoms with Gasteiger partial charge in [-0.3, -0.25) is 10.1 Å². The van der Waals surface area contributed by atoms with Gasteiger partial charge in [-0.25, -0.2) is 4.98 Å². The molecule has 0 amide bonds. The summed E-state index contributed by atoms with van der Waals surface area (Å²) in [7, 11) is 0. The molecule has 0 unspecified atom stereocenters. The number of H-pyrrole nitrogens is 1. The summed E-state index contributed by atoms with van der Waals surface area (Å²) in [4.78, 5) is 11.5. The molecule has 1 aliphatic heterocycles. The zero-order valence-electron chi connectivity index (χ0n) is 16.1. The molecule has 0 bridgehead atoms. The van der Waals surface area contributed by atoms with Gasteiger partial charge in [0.1, 0.15) is 23.5 Å². The third-order valence-corrected chi connectivity index (χ3v) is 5.05. The minimum Gasteiger partial charge on any atom is -0.461 e. The molecule has 0 aliphatic carbocycles. The van der Waals surface area contributed by atoms with E-state index in [9.17, 15) is 0 Å². The number of hydrogen-bond donors (Lipinski definition) is 2. The molecule has 150 valence electrons. The number of piperidine rings is 1. The summed E-state index contributed by atoms with van der Waals surface area (Å²) in [5.74, 6) is 3.44. The quantitative estimate of drug-likeness (QED) is 0.322. The number of hydrogen-bond acceptors (Lipinski definition) is 4. The van der Waals surface area contributed by atoms with Crippen LogP contribution < -0.4 is 5.32 Å². The molecule has 0 spiro atoms. The standard InChI is InChI=1S/C20H26N6O.HI/c1-2-21-20(26-11-8-15(9-12-26)19-23-14-24-25-19)22-10-7-17-13-16-5-3-4-6-18(16)27-17;/h3-6,13-15H,2,7-12H2,1H3,(H,21,22)(H,23,24,25);1H. The predicted molar refractivity (Wildman–Crippen MR) is 121 cm³/mol. The number of halogens is 1. The van der Waals surface area contributed by atoms with Gasteiger partial charge in [-0.1, -0.05) is 18.2 Å². The normalized spacial score (nSPS) is 15.6. The summed E-state index contributed by atoms with van der Waals surface area (Å²) in [5.41, 5.74) is 0.942. The molecule has 8 heteroatoms. The van der Waals surface area contributed by atoms with Crippen molar-refractivity contribution in [2.24, 2.45) is 4.99 Å². The number of fused-ring (bicyclic) bond motifs is 1. The summed E-state index contributed by atoms with van der Waals surface area (Å²) in [5, 5.41) is 11.5. The van der Waals surface area contributed by atoms with E-state index in [4.69, 9.17) is 9.41 Å². The highest BCUT2D eigenvalue weighted by Gasteiger charge is 2.24. The van der Waals surface area contributed by atoms with Crippen molar-refractivity contribution in [1.29, 1.82) is 0 Å². The monoisotopic (exact) mass is 494 g/mol. The molecule has 0 atom stereocenters. The average molecular weight is 494 g/mol. The van der Waals surface area contributed by atoms with E-state index in [0.29, 0.717) is 12.5 Å². The third kappa shape index (κ3) is 4.84. The first-order valence-corrected chi connectivity index (χ1v) is 9.69. The molecule has 0 radical (unpaired) electrons. The van der Waals surface area contributed by atoms with Gasteiger partial charge in [0.2, 0.25) is 0 Å². The predicted octanol–water partition coefficient (Wildman–Crippen LogP) is 3.56. The van der Waals surface area contributed by atoms with Crippen LogP contribution in [-0.2, 0) is 6.42 Å². The summed E-state index contributed by atoms with van der Waals surface area (Å²) in [6.07, 6.45) is 4.51. The summed E-state index contributed by atoms with van der Waals surface area (Å²) in [6.45, 7) is 5.63. The Hall–Kier alpha value is -2.10. The van der Waals surface area contributed by atoms with Crippen molar-refractivity contribution < 1.29 is 4.42 Å². The van der Waals surface area contributed by atoms with E-state index >= 15 is 0 Å². The van der Waals surface area contributed by atoms with E-state index in [1.807, 2.05) is 18.2 Å². The van der Waals surface area contributed by atoms with Crippen molar-refractivity contribution in [3.63, 3.8) is 0 Å². The van der Waals surface area contributed by atoms with Crippen LogP contribution in [0.1, 0.15) is 37.3 Å². The lowest BCUT2D eigenvalue weighted by Crippen LogP contribution is -2.45. The molecule has 7 nitrogen and oxygen atoms in total. The van der Waals surface area contributed by atoms with Crippen LogP contribution in [0.4, 0.5) is 0 Å². The fourth-order valence-electron chi connectivity index (χ4n) is 3.63. The van der Waals surface area contributed by atoms with Gasteiger partial charge < -0.3 is 14.6 Å². The SMILES string of the molecule is CCNC(=NCCc1cc2ccccc2o1)N1CCC(c2ncn[nH]2)CC1.I. The molecule has 3 heterocycles. The van der Waals surface area contributed by atoms with E-state index in [0.717, 1.165) is 67.4 Å². The molecular formula is C20H27IN6O. The summed E-state index contributed by atoms with van der Waals surface area (Å²) < 4.78 is 5.89. The number of aromatic nitrogens is 3. The van der Waals surface area contributed by atoms with Gasteiger partial charge in [0.15, 0.2) is 5.96 Å². The molecule has 28 heavy (non-hydrogen) atoms. The molecule has 2 N–H and O–H groups in total. The largest absolute Gasteiger partial charge is 0.461 e. The molecular weight excluding hydrogens is 467 g/mol. The minimum absolute atomic E-state index is 0. The number of benzene rings is 1. The van der Waals surface area contributed by atoms with E-state index < -0.39 is 0 Å². The van der Waals surface area contributed by atoms with Gasteiger partial charge >= 0.3 is 0 Å². The second-order valence-corrected chi connectivity index (χ2v) is 6.87. The lowest BCUT2D eigenvalue weighted by Gasteiger charge is -2.33. The van der Waals surface area contributed by atoms with Crippen LogP contribution in [0.25, 0.3) is 11.0 Å². The lowest BCUT2D eigenvalue weighted by atomic mass is 9.96. The minimum atomic E-state index is 0. The first-order valence-electron chi connectivity index (χ1n) is 9.69. The Morgan fingerprint density at radius 1 is 1.32 bits per heavy atom. The van der Waals surface area contributed by atoms with E-state index in [-0.39, 0.29) is 24.0 Å². The Labute approximate surface area is 182 Å². The van der Waals surface area contributed by atoms with Crippen molar-refractivity contribution in [3.8, 4) is 0 Å². The topological polar surface area (TPSA) is 82.3 Å². The van der Waals surface area contributed by atoms with Crippen molar-refractivity contribution in [1.82, 2.24) is 25.4 Å². The highest BCUT2D eigenvalue weighted by molar-refractivity contribution is 14.0. The van der Waals surface area contributed by atoms with Crippen LogP contribution in [-0.4, -0.2) is 52.2 Å². The van der Waals surface area contributed by atoms with E-state index in [2.05, 4.69) is 44.5 Å². The molecule has 1 saturated heterocycles. The van der Waals surface area contributed by atoms with Crippen LogP contribution in [0.2, 0.25) is 0 Å². The van der Waals surface area contributed by atoms with Gasteiger partial charge in [0.05, 0.1) is 0 Å². The van der Waals surface area contributed by atoms with Gasteiger partial charge in [-0.2, -0.15) is 5.10 Å². The number of guanidine groups is 1. The van der Waals surface area contributed by atoms with Crippen molar-refractivity contribution in [3.05, 3.63) is 48.2 Å². The number of rotatable bonds is 5. The van der Waals surface area contributed by atoms with Crippen molar-refractivity contribution in [2.75, 3.05) is 26.2 Å². The zero-order valence-corrected chi connectivity index (χ0v) is 18.4. The number of furan rings is 1. The average Bonchev–Trinajstić information content (AvgIpc) is 3.37. The van der Waals surface area contributed by atoms with Gasteiger partial charge in [0.25, 0.3) is 0 Å². The molecule has 0 saturated carbocycles. The fraction of sp³-hybridized carbons (Fsp3) is 0.450. The first kappa shape index (κ1) is 20.6. The van der Waals surface area contributed by atoms with Crippen molar-refractivity contribution in [2.45, 2.75) is 32.1 Å². The van der Waals surface area contributed by atoms with Crippen LogP contribution in [0.15, 0.2) is 46.1 Å². The highest BCUT2D eigenvalue weighted by atomic mass is 127. The number of para-hydroxylation sites is 1. The molecule has 2 aromatic heterocycles. The smallest absolute Gasteiger partial charge is 0.193 e. The van der Waals surface area contributed by atoms with Crippen LogP contribution in [0.3, 0.4) is 0 Å². The number of likely N-dealkylation sites (tertiary alicyclic amines) is 1. The lowest BCUT2D eigenvalue weighted by molar-refractivity contribution is 0.299. The molecule has 3 aromatic rings. The number of aliphatic imine (C=N–C) groups is 1. The van der Waals surface area contributed by atoms with E-state index in [1.165, 1.54) is 0 Å². The molecule has 4 rings (SSSR count). The van der Waals surface area contributed by atoms with Gasteiger partial charge in [-0.05, 0) is 31.9 Å². The van der Waals surface area contributed by atoms with Crippen LogP contribution in [0, 0.1) is 0 Å². The van der Waals surface area contributed by atoms with Gasteiger partial charge in [0, 0.05) is 43.9 Å². The summed E-state index contributed by atoms with van der Waals surface area (Å²) >= 11 is 0. The van der Waals surface area contributed by atoms with Gasteiger partial charge in [-0.15, -0.1) is 24.0 Å². The molecule has 1 aliphatic rings. The Bertz CT molecular complexity index is 850. The van der Waals surface area contributed by atoms with Crippen LogP contribution in [0.5, 0.6) is 0 Å². The second kappa shape index (κ2) is 9.90. The Morgan fingerprint density at radius 2 is 2.14 bits per heavy atom. The summed E-state index contributed by atoms with van der Waals surface area (Å²) in [6, 6.07) is 10.2. The third-order valence-electron chi connectivity index (χ3n) is 5.05. The zero-order chi connectivity index (χ0) is 18.5. The van der Waals surface area contributed by atoms with Crippen molar-refractivity contribution >= 4 is 40.9 Å². The Morgan fingerprint density at radius 3 is 2.86 bits per heavy atom. The molecule has 1 aromatic carbocycles. The maximum atomic E-state index is 5.89.